The molecule has 2 heterocycles. The number of hydrogen-bond donors (Lipinski definition) is 2. The van der Waals surface area contributed by atoms with Crippen LogP contribution in [0.3, 0.4) is 0 Å². The van der Waals surface area contributed by atoms with Gasteiger partial charge < -0.3 is 25.4 Å². The minimum absolute atomic E-state index is 0.197. The molecule has 1 unspecified atom stereocenters. The highest BCUT2D eigenvalue weighted by molar-refractivity contribution is 6.09. The Morgan fingerprint density at radius 1 is 1.33 bits per heavy atom. The zero-order valence-corrected chi connectivity index (χ0v) is 14.0. The van der Waals surface area contributed by atoms with Gasteiger partial charge in [0, 0.05) is 30.4 Å². The van der Waals surface area contributed by atoms with Gasteiger partial charge in [-0.15, -0.1) is 0 Å². The van der Waals surface area contributed by atoms with Crippen molar-refractivity contribution in [1.82, 2.24) is 5.32 Å². The van der Waals surface area contributed by atoms with Gasteiger partial charge in [0.15, 0.2) is 11.5 Å². The van der Waals surface area contributed by atoms with Crippen molar-refractivity contribution in [3.05, 3.63) is 18.2 Å². The third-order valence-corrected chi connectivity index (χ3v) is 4.33. The fourth-order valence-corrected chi connectivity index (χ4v) is 2.85. The van der Waals surface area contributed by atoms with Crippen LogP contribution in [0, 0.1) is 5.92 Å². The molecular formula is C17H23N3O4. The summed E-state index contributed by atoms with van der Waals surface area (Å²) in [4.78, 5) is 26.7. The first-order valence-corrected chi connectivity index (χ1v) is 8.14. The number of nitrogens with one attached hydrogen (secondary N) is 1. The van der Waals surface area contributed by atoms with E-state index < -0.39 is 11.5 Å². The molecule has 0 spiro atoms. The van der Waals surface area contributed by atoms with Crippen molar-refractivity contribution in [2.24, 2.45) is 11.7 Å². The molecular weight excluding hydrogens is 310 g/mol. The SMILES string of the molecule is CC(C)(CN)NC(=O)C1CCN(c2ccc3c(c2)OCCO3)C1=O. The fourth-order valence-electron chi connectivity index (χ4n) is 2.85. The molecule has 1 fully saturated rings. The smallest absolute Gasteiger partial charge is 0.239 e. The number of carbonyl (C=O) groups is 2. The van der Waals surface area contributed by atoms with Crippen LogP contribution in [0.1, 0.15) is 20.3 Å². The second kappa shape index (κ2) is 6.32. The first-order chi connectivity index (χ1) is 11.4. The molecule has 1 atom stereocenters. The predicted molar refractivity (Wildman–Crippen MR) is 89.2 cm³/mol. The molecule has 7 nitrogen and oxygen atoms in total. The second-order valence-corrected chi connectivity index (χ2v) is 6.74. The summed E-state index contributed by atoms with van der Waals surface area (Å²) in [7, 11) is 0. The summed E-state index contributed by atoms with van der Waals surface area (Å²) in [5, 5.41) is 2.84. The lowest BCUT2D eigenvalue weighted by molar-refractivity contribution is -0.133. The number of fused-ring (bicyclic) bond motifs is 1. The molecule has 0 aliphatic carbocycles. The highest BCUT2D eigenvalue weighted by Gasteiger charge is 2.39. The molecule has 24 heavy (non-hydrogen) atoms. The first kappa shape index (κ1) is 16.6. The van der Waals surface area contributed by atoms with Gasteiger partial charge in [-0.3, -0.25) is 9.59 Å². The largest absolute Gasteiger partial charge is 0.486 e. The van der Waals surface area contributed by atoms with E-state index in [4.69, 9.17) is 15.2 Å². The average Bonchev–Trinajstić information content (AvgIpc) is 2.95. The number of rotatable bonds is 4. The van der Waals surface area contributed by atoms with E-state index in [9.17, 15) is 9.59 Å². The minimum atomic E-state index is -0.677. The molecule has 0 saturated carbocycles. The maximum atomic E-state index is 12.7. The summed E-state index contributed by atoms with van der Waals surface area (Å²) in [5.74, 6) is 0.163. The molecule has 0 bridgehead atoms. The third-order valence-electron chi connectivity index (χ3n) is 4.33. The summed E-state index contributed by atoms with van der Waals surface area (Å²) in [6.07, 6.45) is 0.486. The molecule has 0 radical (unpaired) electrons. The Kier molecular flexibility index (Phi) is 4.36. The van der Waals surface area contributed by atoms with Gasteiger partial charge in [-0.2, -0.15) is 0 Å². The monoisotopic (exact) mass is 333 g/mol. The van der Waals surface area contributed by atoms with E-state index >= 15 is 0 Å². The second-order valence-electron chi connectivity index (χ2n) is 6.74. The number of hydrogen-bond acceptors (Lipinski definition) is 5. The molecule has 1 saturated heterocycles. The van der Waals surface area contributed by atoms with Gasteiger partial charge in [0.05, 0.1) is 0 Å². The molecule has 3 N–H and O–H groups in total. The van der Waals surface area contributed by atoms with E-state index in [2.05, 4.69) is 5.32 Å². The van der Waals surface area contributed by atoms with Crippen LogP contribution >= 0.6 is 0 Å². The number of nitrogens with two attached hydrogens (primary N) is 1. The molecule has 1 aromatic carbocycles. The van der Waals surface area contributed by atoms with E-state index in [1.165, 1.54) is 0 Å². The van der Waals surface area contributed by atoms with Gasteiger partial charge in [0.25, 0.3) is 0 Å². The normalized spacial score (nSPS) is 20.2. The summed E-state index contributed by atoms with van der Waals surface area (Å²) >= 11 is 0. The van der Waals surface area contributed by atoms with Gasteiger partial charge in [-0.25, -0.2) is 0 Å². The van der Waals surface area contributed by atoms with E-state index in [1.807, 2.05) is 19.9 Å². The lowest BCUT2D eigenvalue weighted by Gasteiger charge is -2.26. The van der Waals surface area contributed by atoms with Crippen LogP contribution in [-0.2, 0) is 9.59 Å². The molecule has 2 aliphatic rings. The van der Waals surface area contributed by atoms with Crippen molar-refractivity contribution in [1.29, 1.82) is 0 Å². The van der Waals surface area contributed by atoms with Gasteiger partial charge in [-0.05, 0) is 32.4 Å². The maximum Gasteiger partial charge on any atom is 0.239 e. The van der Waals surface area contributed by atoms with Crippen LogP contribution in [0.2, 0.25) is 0 Å². The summed E-state index contributed by atoms with van der Waals surface area (Å²) in [6, 6.07) is 5.40. The molecule has 0 aromatic heterocycles. The van der Waals surface area contributed by atoms with E-state index in [-0.39, 0.29) is 11.8 Å². The van der Waals surface area contributed by atoms with E-state index in [1.54, 1.807) is 17.0 Å². The molecule has 3 rings (SSSR count). The van der Waals surface area contributed by atoms with Crippen LogP contribution < -0.4 is 25.4 Å². The standard InChI is InChI=1S/C17H23N3O4/c1-17(2,10-18)19-15(21)12-5-6-20(16(12)22)11-3-4-13-14(9-11)24-8-7-23-13/h3-4,9,12H,5-8,10,18H2,1-2H3,(H,19,21). The van der Waals surface area contributed by atoms with Crippen LogP contribution in [0.4, 0.5) is 5.69 Å². The van der Waals surface area contributed by atoms with Crippen molar-refractivity contribution in [2.45, 2.75) is 25.8 Å². The van der Waals surface area contributed by atoms with Gasteiger partial charge in [0.2, 0.25) is 11.8 Å². The Hall–Kier alpha value is -2.28. The van der Waals surface area contributed by atoms with Crippen LogP contribution in [0.15, 0.2) is 18.2 Å². The summed E-state index contributed by atoms with van der Waals surface area (Å²) in [6.45, 7) is 5.49. The lowest BCUT2D eigenvalue weighted by atomic mass is 10.0. The van der Waals surface area contributed by atoms with Gasteiger partial charge in [-0.1, -0.05) is 0 Å². The van der Waals surface area contributed by atoms with E-state index in [0.717, 1.165) is 5.69 Å². The molecule has 7 heteroatoms. The Morgan fingerprint density at radius 3 is 2.75 bits per heavy atom. The maximum absolute atomic E-state index is 12.7. The van der Waals surface area contributed by atoms with E-state index in [0.29, 0.717) is 44.2 Å². The number of benzene rings is 1. The molecule has 2 aliphatic heterocycles. The van der Waals surface area contributed by atoms with Crippen molar-refractivity contribution in [3.8, 4) is 11.5 Å². The Labute approximate surface area is 141 Å². The van der Waals surface area contributed by atoms with Gasteiger partial charge >= 0.3 is 0 Å². The average molecular weight is 333 g/mol. The molecule has 1 aromatic rings. The lowest BCUT2D eigenvalue weighted by Crippen LogP contribution is -2.51. The zero-order valence-electron chi connectivity index (χ0n) is 14.0. The third kappa shape index (κ3) is 3.17. The van der Waals surface area contributed by atoms with Crippen molar-refractivity contribution in [3.63, 3.8) is 0 Å². The first-order valence-electron chi connectivity index (χ1n) is 8.14. The van der Waals surface area contributed by atoms with Crippen molar-refractivity contribution in [2.75, 3.05) is 31.2 Å². The number of amides is 2. The number of ether oxygens (including phenoxy) is 2. The zero-order chi connectivity index (χ0) is 17.3. The molecule has 2 amide bonds. The quantitative estimate of drug-likeness (QED) is 0.790. The summed E-state index contributed by atoms with van der Waals surface area (Å²) in [5.41, 5.74) is 5.83. The Balaban J connectivity index is 1.73. The Bertz CT molecular complexity index is 659. The topological polar surface area (TPSA) is 93.9 Å². The van der Waals surface area contributed by atoms with Crippen LogP contribution in [0.25, 0.3) is 0 Å². The van der Waals surface area contributed by atoms with Crippen molar-refractivity contribution < 1.29 is 19.1 Å². The highest BCUT2D eigenvalue weighted by Crippen LogP contribution is 2.36. The van der Waals surface area contributed by atoms with Crippen LogP contribution in [-0.4, -0.2) is 43.7 Å². The number of carbonyl (C=O) groups excluding carboxylic acids is 2. The van der Waals surface area contributed by atoms with Gasteiger partial charge in [0.1, 0.15) is 19.1 Å². The molecule has 130 valence electrons. The van der Waals surface area contributed by atoms with Crippen LogP contribution in [0.5, 0.6) is 11.5 Å². The van der Waals surface area contributed by atoms with Crippen molar-refractivity contribution >= 4 is 17.5 Å². The number of anilines is 1. The fraction of sp³-hybridized carbons (Fsp3) is 0.529. The minimum Gasteiger partial charge on any atom is -0.486 e. The summed E-state index contributed by atoms with van der Waals surface area (Å²) < 4.78 is 11.0. The predicted octanol–water partition coefficient (Wildman–Crippen LogP) is 0.664. The highest BCUT2D eigenvalue weighted by atomic mass is 16.6. The Morgan fingerprint density at radius 2 is 2.04 bits per heavy atom. The number of nitrogens with zero attached hydrogens (tertiary/aromatic N) is 1.